The Bertz CT molecular complexity index is 373. The number of carbonyl (C=O) groups excluding carboxylic acids is 1. The van der Waals surface area contributed by atoms with E-state index in [4.69, 9.17) is 5.84 Å². The molecule has 0 saturated carbocycles. The van der Waals surface area contributed by atoms with Gasteiger partial charge in [0.1, 0.15) is 5.03 Å². The Morgan fingerprint density at radius 3 is 3.06 bits per heavy atom. The van der Waals surface area contributed by atoms with Crippen LogP contribution < -0.4 is 11.3 Å². The van der Waals surface area contributed by atoms with Crippen molar-refractivity contribution in [1.29, 1.82) is 0 Å². The van der Waals surface area contributed by atoms with Crippen LogP contribution in [0.15, 0.2) is 11.2 Å². The first-order chi connectivity index (χ1) is 7.67. The number of nitrogens with two attached hydrogens (primary N) is 1. The number of aryl methyl sites for hydroxylation is 1. The zero-order valence-corrected chi connectivity index (χ0v) is 10.0. The van der Waals surface area contributed by atoms with E-state index >= 15 is 0 Å². The Morgan fingerprint density at radius 2 is 2.44 bits per heavy atom. The third-order valence-electron chi connectivity index (χ3n) is 1.83. The number of thioether (sulfide) groups is 1. The molecule has 0 atom stereocenters. The number of methoxy groups -OCH3 is 1. The molecule has 1 aromatic rings. The monoisotopic (exact) mass is 242 g/mol. The fourth-order valence-corrected chi connectivity index (χ4v) is 1.87. The predicted molar refractivity (Wildman–Crippen MR) is 61.9 cm³/mol. The summed E-state index contributed by atoms with van der Waals surface area (Å²) in [7, 11) is 1.37. The van der Waals surface area contributed by atoms with Gasteiger partial charge < -0.3 is 4.74 Å². The van der Waals surface area contributed by atoms with Gasteiger partial charge in [-0.2, -0.15) is 0 Å². The van der Waals surface area contributed by atoms with Gasteiger partial charge in [-0.25, -0.2) is 15.8 Å². The zero-order chi connectivity index (χ0) is 12.0. The SMILES string of the molecule is COC(=O)CCSc1nc(NN)ncc1C. The van der Waals surface area contributed by atoms with Gasteiger partial charge in [-0.3, -0.25) is 10.2 Å². The molecule has 0 fully saturated rings. The van der Waals surface area contributed by atoms with E-state index in [1.807, 2.05) is 6.92 Å². The van der Waals surface area contributed by atoms with Crippen molar-refractivity contribution in [2.75, 3.05) is 18.3 Å². The number of nitrogens with one attached hydrogen (secondary N) is 1. The van der Waals surface area contributed by atoms with Gasteiger partial charge in [0.05, 0.1) is 13.5 Å². The molecule has 0 saturated heterocycles. The first kappa shape index (κ1) is 12.7. The lowest BCUT2D eigenvalue weighted by atomic mass is 10.4. The number of anilines is 1. The van der Waals surface area contributed by atoms with E-state index in [-0.39, 0.29) is 5.97 Å². The van der Waals surface area contributed by atoms with Gasteiger partial charge in [-0.15, -0.1) is 11.8 Å². The number of ether oxygens (including phenoxy) is 1. The molecule has 88 valence electrons. The number of nitrogens with zero attached hydrogens (tertiary/aromatic N) is 2. The Balaban J connectivity index is 2.55. The van der Waals surface area contributed by atoms with Gasteiger partial charge >= 0.3 is 5.97 Å². The number of rotatable bonds is 5. The summed E-state index contributed by atoms with van der Waals surface area (Å²) >= 11 is 1.47. The van der Waals surface area contributed by atoms with Gasteiger partial charge in [0, 0.05) is 11.9 Å². The van der Waals surface area contributed by atoms with Gasteiger partial charge in [0.15, 0.2) is 0 Å². The second-order valence-corrected chi connectivity index (χ2v) is 4.08. The van der Waals surface area contributed by atoms with Gasteiger partial charge in [0.25, 0.3) is 0 Å². The van der Waals surface area contributed by atoms with Crippen molar-refractivity contribution >= 4 is 23.7 Å². The molecule has 7 heteroatoms. The molecule has 0 amide bonds. The van der Waals surface area contributed by atoms with E-state index in [0.29, 0.717) is 18.1 Å². The standard InChI is InChI=1S/C9H14N4O2S/c1-6-5-11-9(13-10)12-8(6)16-4-3-7(14)15-2/h5H,3-4,10H2,1-2H3,(H,11,12,13). The normalized spacial score (nSPS) is 9.94. The molecule has 1 aromatic heterocycles. The Morgan fingerprint density at radius 1 is 1.69 bits per heavy atom. The van der Waals surface area contributed by atoms with Crippen LogP contribution in [0.3, 0.4) is 0 Å². The first-order valence-electron chi connectivity index (χ1n) is 4.67. The third kappa shape index (κ3) is 3.67. The minimum atomic E-state index is -0.226. The fourth-order valence-electron chi connectivity index (χ4n) is 0.975. The molecular weight excluding hydrogens is 228 g/mol. The molecule has 0 aromatic carbocycles. The van der Waals surface area contributed by atoms with Crippen LogP contribution in [0, 0.1) is 6.92 Å². The summed E-state index contributed by atoms with van der Waals surface area (Å²) in [6.07, 6.45) is 2.04. The topological polar surface area (TPSA) is 90.1 Å². The summed E-state index contributed by atoms with van der Waals surface area (Å²) in [5, 5.41) is 0.812. The van der Waals surface area contributed by atoms with Gasteiger partial charge in [-0.1, -0.05) is 0 Å². The van der Waals surface area contributed by atoms with Crippen molar-refractivity contribution in [3.8, 4) is 0 Å². The summed E-state index contributed by atoms with van der Waals surface area (Å²) in [5.74, 6) is 5.97. The molecule has 0 bridgehead atoms. The van der Waals surface area contributed by atoms with E-state index in [0.717, 1.165) is 10.6 Å². The smallest absolute Gasteiger partial charge is 0.306 e. The second-order valence-electron chi connectivity index (χ2n) is 3.00. The Kier molecular flexibility index (Phi) is 5.00. The van der Waals surface area contributed by atoms with Crippen molar-refractivity contribution in [3.63, 3.8) is 0 Å². The van der Waals surface area contributed by atoms with Crippen LogP contribution in [0.4, 0.5) is 5.95 Å². The molecule has 1 heterocycles. The number of nitrogen functional groups attached to an aromatic ring is 1. The average molecular weight is 242 g/mol. The Hall–Kier alpha value is -1.34. The largest absolute Gasteiger partial charge is 0.469 e. The molecular formula is C9H14N4O2S. The minimum Gasteiger partial charge on any atom is -0.469 e. The molecule has 0 aliphatic rings. The van der Waals surface area contributed by atoms with Crippen LogP contribution in [0.5, 0.6) is 0 Å². The summed E-state index contributed by atoms with van der Waals surface area (Å²) in [5.41, 5.74) is 3.33. The van der Waals surface area contributed by atoms with Crippen molar-refractivity contribution in [2.24, 2.45) is 5.84 Å². The molecule has 6 nitrogen and oxygen atoms in total. The minimum absolute atomic E-state index is 0.226. The number of hydrazine groups is 1. The van der Waals surface area contributed by atoms with Crippen LogP contribution in [-0.4, -0.2) is 28.8 Å². The molecule has 0 radical (unpaired) electrons. The fraction of sp³-hybridized carbons (Fsp3) is 0.444. The van der Waals surface area contributed by atoms with Crippen molar-refractivity contribution in [1.82, 2.24) is 9.97 Å². The molecule has 3 N–H and O–H groups in total. The summed E-state index contributed by atoms with van der Waals surface area (Å²) in [6.45, 7) is 1.90. The van der Waals surface area contributed by atoms with E-state index in [2.05, 4.69) is 20.1 Å². The number of carbonyl (C=O) groups is 1. The van der Waals surface area contributed by atoms with Crippen LogP contribution in [0.25, 0.3) is 0 Å². The second kappa shape index (κ2) is 6.29. The van der Waals surface area contributed by atoms with Crippen LogP contribution in [-0.2, 0) is 9.53 Å². The van der Waals surface area contributed by atoms with Crippen molar-refractivity contribution < 1.29 is 9.53 Å². The maximum atomic E-state index is 10.9. The van der Waals surface area contributed by atoms with Crippen molar-refractivity contribution in [2.45, 2.75) is 18.4 Å². The molecule has 0 unspecified atom stereocenters. The lowest BCUT2D eigenvalue weighted by molar-refractivity contribution is -0.140. The quantitative estimate of drug-likeness (QED) is 0.258. The molecule has 16 heavy (non-hydrogen) atoms. The predicted octanol–water partition coefficient (Wildman–Crippen LogP) is 0.726. The highest BCUT2D eigenvalue weighted by molar-refractivity contribution is 7.99. The lowest BCUT2D eigenvalue weighted by Crippen LogP contribution is -2.11. The number of hydrogen-bond donors (Lipinski definition) is 2. The maximum Gasteiger partial charge on any atom is 0.306 e. The summed E-state index contributed by atoms with van der Waals surface area (Å²) in [4.78, 5) is 19.1. The molecule has 0 aliphatic heterocycles. The van der Waals surface area contributed by atoms with Crippen LogP contribution >= 0.6 is 11.8 Å². The van der Waals surface area contributed by atoms with E-state index in [9.17, 15) is 4.79 Å². The third-order valence-corrected chi connectivity index (χ3v) is 2.92. The average Bonchev–Trinajstić information content (AvgIpc) is 2.31. The Labute approximate surface area is 98.0 Å². The number of esters is 1. The maximum absolute atomic E-state index is 10.9. The zero-order valence-electron chi connectivity index (χ0n) is 9.19. The highest BCUT2D eigenvalue weighted by Gasteiger charge is 2.06. The summed E-state index contributed by atoms with van der Waals surface area (Å²) < 4.78 is 4.55. The first-order valence-corrected chi connectivity index (χ1v) is 5.65. The number of hydrogen-bond acceptors (Lipinski definition) is 7. The highest BCUT2D eigenvalue weighted by Crippen LogP contribution is 2.20. The van der Waals surface area contributed by atoms with Crippen molar-refractivity contribution in [3.05, 3.63) is 11.8 Å². The van der Waals surface area contributed by atoms with Crippen LogP contribution in [0.1, 0.15) is 12.0 Å². The van der Waals surface area contributed by atoms with E-state index < -0.39 is 0 Å². The van der Waals surface area contributed by atoms with Gasteiger partial charge in [0.2, 0.25) is 5.95 Å². The highest BCUT2D eigenvalue weighted by atomic mass is 32.2. The lowest BCUT2D eigenvalue weighted by Gasteiger charge is -2.05. The van der Waals surface area contributed by atoms with E-state index in [1.54, 1.807) is 6.20 Å². The van der Waals surface area contributed by atoms with E-state index in [1.165, 1.54) is 18.9 Å². The summed E-state index contributed by atoms with van der Waals surface area (Å²) in [6, 6.07) is 0. The molecule has 0 spiro atoms. The van der Waals surface area contributed by atoms with Gasteiger partial charge in [-0.05, 0) is 12.5 Å². The number of aromatic nitrogens is 2. The van der Waals surface area contributed by atoms with Crippen LogP contribution in [0.2, 0.25) is 0 Å². The molecule has 1 rings (SSSR count). The molecule has 0 aliphatic carbocycles.